The number of nitrogens with two attached hydrogens (primary N) is 1. The van der Waals surface area contributed by atoms with E-state index >= 15 is 0 Å². The van der Waals surface area contributed by atoms with Gasteiger partial charge in [-0.15, -0.1) is 0 Å². The number of carbonyl (C=O) groups is 1. The third-order valence-corrected chi connectivity index (χ3v) is 2.95. The van der Waals surface area contributed by atoms with Crippen molar-refractivity contribution in [1.82, 2.24) is 0 Å². The molecule has 1 atom stereocenters. The number of benzene rings is 2. The van der Waals surface area contributed by atoms with Crippen LogP contribution in [0.5, 0.6) is 0 Å². The first-order chi connectivity index (χ1) is 9.49. The predicted molar refractivity (Wildman–Crippen MR) is 73.1 cm³/mol. The maximum absolute atomic E-state index is 13.6. The van der Waals surface area contributed by atoms with E-state index in [1.807, 2.05) is 0 Å². The molecule has 0 spiro atoms. The van der Waals surface area contributed by atoms with Crippen LogP contribution in [0, 0.1) is 18.6 Å². The molecule has 0 radical (unpaired) electrons. The van der Waals surface area contributed by atoms with Crippen molar-refractivity contribution in [2.75, 3.05) is 5.32 Å². The van der Waals surface area contributed by atoms with Crippen molar-refractivity contribution in [3.05, 3.63) is 65.2 Å². The van der Waals surface area contributed by atoms with Crippen LogP contribution in [0.15, 0.2) is 42.5 Å². The van der Waals surface area contributed by atoms with Gasteiger partial charge in [-0.2, -0.15) is 0 Å². The summed E-state index contributed by atoms with van der Waals surface area (Å²) in [5.74, 6) is -1.88. The predicted octanol–water partition coefficient (Wildman–Crippen LogP) is 2.91. The van der Waals surface area contributed by atoms with Crippen molar-refractivity contribution in [3.8, 4) is 0 Å². The lowest BCUT2D eigenvalue weighted by Crippen LogP contribution is -2.28. The zero-order valence-corrected chi connectivity index (χ0v) is 10.9. The first-order valence-corrected chi connectivity index (χ1v) is 6.06. The van der Waals surface area contributed by atoms with Crippen LogP contribution in [-0.2, 0) is 4.79 Å². The van der Waals surface area contributed by atoms with Crippen molar-refractivity contribution in [3.63, 3.8) is 0 Å². The minimum absolute atomic E-state index is 0.174. The van der Waals surface area contributed by atoms with Crippen molar-refractivity contribution in [1.29, 1.82) is 0 Å². The van der Waals surface area contributed by atoms with Crippen molar-refractivity contribution in [2.45, 2.75) is 13.0 Å². The van der Waals surface area contributed by atoms with E-state index in [1.54, 1.807) is 30.3 Å². The van der Waals surface area contributed by atoms with Crippen LogP contribution >= 0.6 is 0 Å². The van der Waals surface area contributed by atoms with E-state index in [2.05, 4.69) is 5.32 Å². The van der Waals surface area contributed by atoms with Crippen molar-refractivity contribution < 1.29 is 13.6 Å². The average molecular weight is 276 g/mol. The summed E-state index contributed by atoms with van der Waals surface area (Å²) in [5, 5.41) is 2.30. The fourth-order valence-corrected chi connectivity index (χ4v) is 1.76. The molecule has 2 aromatic rings. The Kier molecular flexibility index (Phi) is 4.10. The van der Waals surface area contributed by atoms with Crippen molar-refractivity contribution >= 4 is 11.6 Å². The summed E-state index contributed by atoms with van der Waals surface area (Å²) in [4.78, 5) is 11.9. The SMILES string of the molecule is Cc1cc(F)c(NC(=O)C(N)c2ccccc2)cc1F. The quantitative estimate of drug-likeness (QED) is 0.905. The summed E-state index contributed by atoms with van der Waals surface area (Å²) in [6.07, 6.45) is 0. The third-order valence-electron chi connectivity index (χ3n) is 2.95. The van der Waals surface area contributed by atoms with Gasteiger partial charge in [0.05, 0.1) is 5.69 Å². The van der Waals surface area contributed by atoms with Gasteiger partial charge in [-0.1, -0.05) is 30.3 Å². The van der Waals surface area contributed by atoms with Gasteiger partial charge in [-0.25, -0.2) is 8.78 Å². The number of amides is 1. The number of rotatable bonds is 3. The van der Waals surface area contributed by atoms with Gasteiger partial charge >= 0.3 is 0 Å². The van der Waals surface area contributed by atoms with Gasteiger partial charge in [0.1, 0.15) is 17.7 Å². The Morgan fingerprint density at radius 1 is 1.15 bits per heavy atom. The lowest BCUT2D eigenvalue weighted by molar-refractivity contribution is -0.117. The summed E-state index contributed by atoms with van der Waals surface area (Å²) in [6, 6.07) is 9.69. The molecule has 2 rings (SSSR count). The van der Waals surface area contributed by atoms with Crippen LogP contribution in [0.4, 0.5) is 14.5 Å². The first kappa shape index (κ1) is 14.1. The Bertz CT molecular complexity index is 629. The van der Waals surface area contributed by atoms with Gasteiger partial charge in [-0.05, 0) is 24.1 Å². The number of hydrogen-bond acceptors (Lipinski definition) is 2. The highest BCUT2D eigenvalue weighted by Crippen LogP contribution is 2.20. The van der Waals surface area contributed by atoms with Gasteiger partial charge in [0.2, 0.25) is 5.91 Å². The molecule has 3 nitrogen and oxygen atoms in total. The topological polar surface area (TPSA) is 55.1 Å². The molecule has 5 heteroatoms. The molecule has 20 heavy (non-hydrogen) atoms. The van der Waals surface area contributed by atoms with Crippen LogP contribution < -0.4 is 11.1 Å². The van der Waals surface area contributed by atoms with Crippen LogP contribution in [0.1, 0.15) is 17.2 Å². The molecule has 0 fully saturated rings. The molecule has 0 aliphatic rings. The standard InChI is InChI=1S/C15H14F2N2O/c1-9-7-12(17)13(8-11(9)16)19-15(20)14(18)10-5-3-2-4-6-10/h2-8,14H,18H2,1H3,(H,19,20). The van der Waals surface area contributed by atoms with Gasteiger partial charge in [0.15, 0.2) is 0 Å². The molecule has 0 heterocycles. The lowest BCUT2D eigenvalue weighted by atomic mass is 10.1. The molecule has 0 aliphatic carbocycles. The average Bonchev–Trinajstić information content (AvgIpc) is 2.44. The molecular formula is C15H14F2N2O. The van der Waals surface area contributed by atoms with Crippen molar-refractivity contribution in [2.24, 2.45) is 5.73 Å². The Hall–Kier alpha value is -2.27. The lowest BCUT2D eigenvalue weighted by Gasteiger charge is -2.13. The summed E-state index contributed by atoms with van der Waals surface area (Å²) < 4.78 is 27.0. The van der Waals surface area contributed by atoms with Crippen LogP contribution in [-0.4, -0.2) is 5.91 Å². The molecule has 1 amide bonds. The number of halogens is 2. The van der Waals surface area contributed by atoms with Crippen LogP contribution in [0.3, 0.4) is 0 Å². The summed E-state index contributed by atoms with van der Waals surface area (Å²) >= 11 is 0. The summed E-state index contributed by atoms with van der Waals surface area (Å²) in [5.41, 5.74) is 6.33. The number of hydrogen-bond donors (Lipinski definition) is 2. The van der Waals surface area contributed by atoms with E-state index in [0.717, 1.165) is 12.1 Å². The molecule has 3 N–H and O–H groups in total. The molecule has 0 saturated heterocycles. The molecule has 0 bridgehead atoms. The number of anilines is 1. The molecular weight excluding hydrogens is 262 g/mol. The molecule has 1 unspecified atom stereocenters. The van der Waals surface area contributed by atoms with E-state index in [-0.39, 0.29) is 11.3 Å². The van der Waals surface area contributed by atoms with Crippen LogP contribution in [0.2, 0.25) is 0 Å². The molecule has 0 aliphatic heterocycles. The van der Waals surface area contributed by atoms with E-state index in [0.29, 0.717) is 5.56 Å². The maximum atomic E-state index is 13.6. The Morgan fingerprint density at radius 2 is 1.80 bits per heavy atom. The maximum Gasteiger partial charge on any atom is 0.245 e. The highest BCUT2D eigenvalue weighted by molar-refractivity contribution is 5.95. The largest absolute Gasteiger partial charge is 0.322 e. The summed E-state index contributed by atoms with van der Waals surface area (Å²) in [7, 11) is 0. The summed E-state index contributed by atoms with van der Waals surface area (Å²) in [6.45, 7) is 1.44. The molecule has 0 aromatic heterocycles. The minimum atomic E-state index is -0.944. The zero-order chi connectivity index (χ0) is 14.7. The minimum Gasteiger partial charge on any atom is -0.322 e. The van der Waals surface area contributed by atoms with Gasteiger partial charge in [-0.3, -0.25) is 4.79 Å². The van der Waals surface area contributed by atoms with Crippen LogP contribution in [0.25, 0.3) is 0 Å². The Morgan fingerprint density at radius 3 is 2.45 bits per heavy atom. The first-order valence-electron chi connectivity index (χ1n) is 6.06. The van der Waals surface area contributed by atoms with E-state index in [4.69, 9.17) is 5.73 Å². The van der Waals surface area contributed by atoms with Gasteiger partial charge in [0, 0.05) is 6.07 Å². The second kappa shape index (κ2) is 5.79. The van der Waals surface area contributed by atoms with E-state index in [9.17, 15) is 13.6 Å². The fraction of sp³-hybridized carbons (Fsp3) is 0.133. The molecule has 2 aromatic carbocycles. The van der Waals surface area contributed by atoms with E-state index in [1.165, 1.54) is 6.92 Å². The van der Waals surface area contributed by atoms with Gasteiger partial charge < -0.3 is 11.1 Å². The zero-order valence-electron chi connectivity index (χ0n) is 10.9. The fourth-order valence-electron chi connectivity index (χ4n) is 1.76. The molecule has 0 saturated carbocycles. The highest BCUT2D eigenvalue weighted by atomic mass is 19.1. The monoisotopic (exact) mass is 276 g/mol. The second-order valence-electron chi connectivity index (χ2n) is 4.46. The highest BCUT2D eigenvalue weighted by Gasteiger charge is 2.17. The second-order valence-corrected chi connectivity index (χ2v) is 4.46. The van der Waals surface area contributed by atoms with E-state index < -0.39 is 23.6 Å². The smallest absolute Gasteiger partial charge is 0.245 e. The number of carbonyl (C=O) groups excluding carboxylic acids is 1. The Balaban J connectivity index is 2.18. The number of nitrogens with one attached hydrogen (secondary N) is 1. The molecule has 104 valence electrons. The normalized spacial score (nSPS) is 12.0. The Labute approximate surface area is 115 Å². The van der Waals surface area contributed by atoms with Gasteiger partial charge in [0.25, 0.3) is 0 Å². The third kappa shape index (κ3) is 3.00. The number of aryl methyl sites for hydroxylation is 1.